The van der Waals surface area contributed by atoms with Crippen LogP contribution in [0, 0.1) is 5.92 Å². The maximum atomic E-state index is 12.1. The average molecular weight is 247 g/mol. The molecular formula is C12H17N5O. The number of anilines is 1. The van der Waals surface area contributed by atoms with E-state index in [0.717, 1.165) is 5.56 Å². The van der Waals surface area contributed by atoms with Gasteiger partial charge in [-0.1, -0.05) is 13.8 Å². The zero-order valence-electron chi connectivity index (χ0n) is 10.6. The predicted octanol–water partition coefficient (Wildman–Crippen LogP) is 1.23. The van der Waals surface area contributed by atoms with Crippen LogP contribution in [-0.2, 0) is 13.1 Å². The van der Waals surface area contributed by atoms with Gasteiger partial charge in [-0.3, -0.25) is 9.89 Å². The Morgan fingerprint density at radius 3 is 3.00 bits per heavy atom. The molecular weight excluding hydrogens is 230 g/mol. The summed E-state index contributed by atoms with van der Waals surface area (Å²) < 4.78 is 1.68. The summed E-state index contributed by atoms with van der Waals surface area (Å²) in [6.45, 7) is 5.38. The molecule has 0 fully saturated rings. The lowest BCUT2D eigenvalue weighted by Gasteiger charge is -2.10. The van der Waals surface area contributed by atoms with Crippen molar-refractivity contribution in [3.8, 4) is 0 Å². The first-order valence-electron chi connectivity index (χ1n) is 5.94. The van der Waals surface area contributed by atoms with Crippen molar-refractivity contribution in [3.63, 3.8) is 0 Å². The lowest BCUT2D eigenvalue weighted by Crippen LogP contribution is -2.25. The number of rotatable bonds is 5. The van der Waals surface area contributed by atoms with Gasteiger partial charge in [-0.2, -0.15) is 5.10 Å². The van der Waals surface area contributed by atoms with E-state index in [1.165, 1.54) is 0 Å². The van der Waals surface area contributed by atoms with Gasteiger partial charge in [-0.05, 0) is 5.92 Å². The SMILES string of the molecule is CC(C)Cn1ccnc(NCc2cn[nH]c2)c1=O. The second kappa shape index (κ2) is 5.48. The molecule has 0 spiro atoms. The van der Waals surface area contributed by atoms with E-state index >= 15 is 0 Å². The summed E-state index contributed by atoms with van der Waals surface area (Å²) in [6, 6.07) is 0. The van der Waals surface area contributed by atoms with Gasteiger partial charge in [-0.15, -0.1) is 0 Å². The first-order chi connectivity index (χ1) is 8.66. The summed E-state index contributed by atoms with van der Waals surface area (Å²) in [4.78, 5) is 16.1. The molecule has 0 aliphatic rings. The Labute approximate surface area is 105 Å². The van der Waals surface area contributed by atoms with E-state index in [2.05, 4.69) is 34.3 Å². The molecule has 2 N–H and O–H groups in total. The van der Waals surface area contributed by atoms with E-state index in [1.54, 1.807) is 29.4 Å². The number of hydrogen-bond donors (Lipinski definition) is 2. The van der Waals surface area contributed by atoms with Crippen LogP contribution in [0.5, 0.6) is 0 Å². The minimum absolute atomic E-state index is 0.0882. The number of hydrogen-bond acceptors (Lipinski definition) is 4. The van der Waals surface area contributed by atoms with Gasteiger partial charge >= 0.3 is 0 Å². The van der Waals surface area contributed by atoms with Gasteiger partial charge in [-0.25, -0.2) is 4.98 Å². The summed E-state index contributed by atoms with van der Waals surface area (Å²) >= 11 is 0. The Morgan fingerprint density at radius 1 is 1.50 bits per heavy atom. The molecule has 6 nitrogen and oxygen atoms in total. The van der Waals surface area contributed by atoms with Gasteiger partial charge in [0, 0.05) is 37.2 Å². The van der Waals surface area contributed by atoms with Crippen LogP contribution in [-0.4, -0.2) is 19.7 Å². The van der Waals surface area contributed by atoms with E-state index in [-0.39, 0.29) is 5.56 Å². The molecule has 0 aliphatic heterocycles. The van der Waals surface area contributed by atoms with E-state index in [1.807, 2.05) is 0 Å². The van der Waals surface area contributed by atoms with Crippen LogP contribution in [0.1, 0.15) is 19.4 Å². The normalized spacial score (nSPS) is 10.8. The van der Waals surface area contributed by atoms with Gasteiger partial charge in [0.05, 0.1) is 6.20 Å². The molecule has 2 heterocycles. The second-order valence-corrected chi connectivity index (χ2v) is 4.59. The average Bonchev–Trinajstić information content (AvgIpc) is 2.83. The highest BCUT2D eigenvalue weighted by Crippen LogP contribution is 2.01. The van der Waals surface area contributed by atoms with Gasteiger partial charge in [0.2, 0.25) is 0 Å². The molecule has 0 atom stereocenters. The Kier molecular flexibility index (Phi) is 3.76. The van der Waals surface area contributed by atoms with Crippen molar-refractivity contribution in [2.24, 2.45) is 5.92 Å². The zero-order valence-corrected chi connectivity index (χ0v) is 10.6. The van der Waals surface area contributed by atoms with Crippen LogP contribution in [0.15, 0.2) is 29.6 Å². The Bertz CT molecular complexity index is 544. The molecule has 2 aromatic rings. The topological polar surface area (TPSA) is 75.6 Å². The smallest absolute Gasteiger partial charge is 0.293 e. The monoisotopic (exact) mass is 247 g/mol. The second-order valence-electron chi connectivity index (χ2n) is 4.59. The third-order valence-corrected chi connectivity index (χ3v) is 2.49. The van der Waals surface area contributed by atoms with E-state index in [0.29, 0.717) is 24.8 Å². The van der Waals surface area contributed by atoms with Crippen molar-refractivity contribution in [2.75, 3.05) is 5.32 Å². The van der Waals surface area contributed by atoms with Crippen LogP contribution in [0.4, 0.5) is 5.82 Å². The highest BCUT2D eigenvalue weighted by atomic mass is 16.1. The molecule has 0 saturated heterocycles. The first-order valence-corrected chi connectivity index (χ1v) is 5.94. The van der Waals surface area contributed by atoms with Gasteiger partial charge in [0.1, 0.15) is 0 Å². The van der Waals surface area contributed by atoms with Gasteiger partial charge in [0.15, 0.2) is 5.82 Å². The maximum absolute atomic E-state index is 12.1. The number of aromatic amines is 1. The van der Waals surface area contributed by atoms with Crippen molar-refractivity contribution >= 4 is 5.82 Å². The third-order valence-electron chi connectivity index (χ3n) is 2.49. The number of nitrogens with zero attached hydrogens (tertiary/aromatic N) is 3. The summed E-state index contributed by atoms with van der Waals surface area (Å²) in [6.07, 6.45) is 6.85. The van der Waals surface area contributed by atoms with Crippen molar-refractivity contribution in [3.05, 3.63) is 40.7 Å². The fourth-order valence-electron chi connectivity index (χ4n) is 1.67. The Balaban J connectivity index is 2.11. The van der Waals surface area contributed by atoms with Crippen molar-refractivity contribution in [1.82, 2.24) is 19.7 Å². The molecule has 18 heavy (non-hydrogen) atoms. The molecule has 0 aliphatic carbocycles. The largest absolute Gasteiger partial charge is 0.361 e. The van der Waals surface area contributed by atoms with Crippen LogP contribution in [0.3, 0.4) is 0 Å². The standard InChI is InChI=1S/C12H17N5O/c1-9(2)8-17-4-3-13-11(12(17)18)14-5-10-6-15-16-7-10/h3-4,6-7,9H,5,8H2,1-2H3,(H,13,14)(H,15,16). The van der Waals surface area contributed by atoms with Gasteiger partial charge in [0.25, 0.3) is 5.56 Å². The molecule has 0 aromatic carbocycles. The lowest BCUT2D eigenvalue weighted by atomic mass is 10.2. The first kappa shape index (κ1) is 12.3. The van der Waals surface area contributed by atoms with Gasteiger partial charge < -0.3 is 9.88 Å². The highest BCUT2D eigenvalue weighted by molar-refractivity contribution is 5.31. The van der Waals surface area contributed by atoms with E-state index < -0.39 is 0 Å². The number of nitrogens with one attached hydrogen (secondary N) is 2. The van der Waals surface area contributed by atoms with Crippen molar-refractivity contribution in [2.45, 2.75) is 26.9 Å². The quantitative estimate of drug-likeness (QED) is 0.833. The Hall–Kier alpha value is -2.11. The van der Waals surface area contributed by atoms with Crippen LogP contribution < -0.4 is 10.9 Å². The zero-order chi connectivity index (χ0) is 13.0. The molecule has 0 bridgehead atoms. The fraction of sp³-hybridized carbons (Fsp3) is 0.417. The molecule has 0 unspecified atom stereocenters. The van der Waals surface area contributed by atoms with E-state index in [9.17, 15) is 4.79 Å². The maximum Gasteiger partial charge on any atom is 0.293 e. The number of H-pyrrole nitrogens is 1. The summed E-state index contributed by atoms with van der Waals surface area (Å²) in [5.74, 6) is 0.797. The fourth-order valence-corrected chi connectivity index (χ4v) is 1.67. The molecule has 0 amide bonds. The minimum Gasteiger partial charge on any atom is -0.361 e. The molecule has 0 radical (unpaired) electrons. The molecule has 96 valence electrons. The van der Waals surface area contributed by atoms with Crippen molar-refractivity contribution in [1.29, 1.82) is 0 Å². The van der Waals surface area contributed by atoms with Crippen LogP contribution in [0.2, 0.25) is 0 Å². The molecule has 6 heteroatoms. The summed E-state index contributed by atoms with van der Waals surface area (Å²) in [7, 11) is 0. The Morgan fingerprint density at radius 2 is 2.33 bits per heavy atom. The third kappa shape index (κ3) is 2.97. The lowest BCUT2D eigenvalue weighted by molar-refractivity contribution is 0.509. The van der Waals surface area contributed by atoms with E-state index in [4.69, 9.17) is 0 Å². The molecule has 2 aromatic heterocycles. The predicted molar refractivity (Wildman–Crippen MR) is 69.2 cm³/mol. The molecule has 2 rings (SSSR count). The molecule has 0 saturated carbocycles. The van der Waals surface area contributed by atoms with Crippen LogP contribution >= 0.6 is 0 Å². The summed E-state index contributed by atoms with van der Waals surface area (Å²) in [5.41, 5.74) is 0.894. The number of aromatic nitrogens is 4. The van der Waals surface area contributed by atoms with Crippen LogP contribution in [0.25, 0.3) is 0 Å². The summed E-state index contributed by atoms with van der Waals surface area (Å²) in [5, 5.41) is 9.59. The highest BCUT2D eigenvalue weighted by Gasteiger charge is 2.06. The minimum atomic E-state index is -0.0882. The van der Waals surface area contributed by atoms with Crippen molar-refractivity contribution < 1.29 is 0 Å².